The Balaban J connectivity index is 1.28. The van der Waals surface area contributed by atoms with Crippen molar-refractivity contribution in [3.8, 4) is 28.2 Å². The first-order valence-electron chi connectivity index (χ1n) is 13.0. The van der Waals surface area contributed by atoms with Crippen LogP contribution in [0.5, 0.6) is 0 Å². The van der Waals surface area contributed by atoms with Crippen LogP contribution < -0.4 is 10.5 Å². The number of rotatable bonds is 8. The fraction of sp³-hybridized carbons (Fsp3) is 0.214. The molecular formula is C28H24Cl2N8O4. The Kier molecular flexibility index (Phi) is 7.50. The number of aromatic nitrogens is 7. The maximum atomic E-state index is 13.5. The molecule has 0 unspecified atom stereocenters. The Hall–Kier alpha value is -4.52. The van der Waals surface area contributed by atoms with E-state index in [1.807, 2.05) is 6.07 Å². The molecule has 0 spiro atoms. The van der Waals surface area contributed by atoms with Gasteiger partial charge in [-0.25, -0.2) is 14.5 Å². The lowest BCUT2D eigenvalue weighted by Gasteiger charge is -2.18. The van der Waals surface area contributed by atoms with Crippen LogP contribution in [0.2, 0.25) is 10.2 Å². The van der Waals surface area contributed by atoms with E-state index in [9.17, 15) is 14.7 Å². The minimum atomic E-state index is -1.09. The highest BCUT2D eigenvalue weighted by Gasteiger charge is 2.28. The Labute approximate surface area is 249 Å². The summed E-state index contributed by atoms with van der Waals surface area (Å²) < 4.78 is 8.30. The standard InChI is InChI=1S/C28H24Cl2N8O4/c1-42-9-8-36(28(40)41)19-3-5-21(31-13-19)22-14-32-27(33-22)24-7-4-18-10-16(11-26(39)38(18)24)20-12-17(29)2-6-23(20)37-15-25(30)34-35-37/h2-3,5-6,10-15,24H,4,7-9H2,1H3,(H,32,33)(H,40,41)/t24-/m0/s1. The van der Waals surface area contributed by atoms with Crippen molar-refractivity contribution in [2.24, 2.45) is 0 Å². The van der Waals surface area contributed by atoms with Crippen molar-refractivity contribution in [1.82, 2.24) is 34.5 Å². The molecule has 0 bridgehead atoms. The number of amides is 1. The molecule has 0 radical (unpaired) electrons. The first-order valence-corrected chi connectivity index (χ1v) is 13.7. The molecule has 214 valence electrons. The molecule has 0 aliphatic carbocycles. The van der Waals surface area contributed by atoms with Gasteiger partial charge in [-0.15, -0.1) is 5.10 Å². The van der Waals surface area contributed by atoms with E-state index >= 15 is 0 Å². The van der Waals surface area contributed by atoms with Gasteiger partial charge in [0.2, 0.25) is 0 Å². The maximum absolute atomic E-state index is 13.5. The van der Waals surface area contributed by atoms with E-state index in [1.54, 1.807) is 58.0 Å². The zero-order valence-electron chi connectivity index (χ0n) is 22.2. The van der Waals surface area contributed by atoms with Gasteiger partial charge in [0.1, 0.15) is 5.82 Å². The third-order valence-electron chi connectivity index (χ3n) is 7.11. The summed E-state index contributed by atoms with van der Waals surface area (Å²) in [6.07, 6.45) is 5.02. The van der Waals surface area contributed by atoms with Crippen molar-refractivity contribution in [1.29, 1.82) is 0 Å². The van der Waals surface area contributed by atoms with E-state index < -0.39 is 6.09 Å². The fourth-order valence-corrected chi connectivity index (χ4v) is 5.47. The molecular weight excluding hydrogens is 583 g/mol. The number of aromatic amines is 1. The van der Waals surface area contributed by atoms with Crippen molar-refractivity contribution >= 4 is 35.0 Å². The summed E-state index contributed by atoms with van der Waals surface area (Å²) in [5.74, 6) is 0.637. The second-order valence-corrected chi connectivity index (χ2v) is 10.5. The van der Waals surface area contributed by atoms with Gasteiger partial charge in [-0.2, -0.15) is 0 Å². The summed E-state index contributed by atoms with van der Waals surface area (Å²) in [5.41, 5.74) is 4.52. The van der Waals surface area contributed by atoms with Crippen molar-refractivity contribution < 1.29 is 14.6 Å². The number of carboxylic acid groups (broad SMARTS) is 1. The largest absolute Gasteiger partial charge is 0.465 e. The van der Waals surface area contributed by atoms with Crippen LogP contribution in [-0.4, -0.2) is 66.0 Å². The molecule has 12 nitrogen and oxygen atoms in total. The highest BCUT2D eigenvalue weighted by atomic mass is 35.5. The molecule has 4 aromatic heterocycles. The Bertz CT molecular complexity index is 1830. The number of methoxy groups -OCH3 is 1. The number of imidazole rings is 1. The van der Waals surface area contributed by atoms with Crippen molar-refractivity contribution in [2.75, 3.05) is 25.2 Å². The predicted molar refractivity (Wildman–Crippen MR) is 157 cm³/mol. The number of halogens is 2. The number of hydrogen-bond acceptors (Lipinski definition) is 7. The van der Waals surface area contributed by atoms with Gasteiger partial charge in [-0.3, -0.25) is 14.7 Å². The highest BCUT2D eigenvalue weighted by Crippen LogP contribution is 2.34. The topological polar surface area (TPSA) is 144 Å². The lowest BCUT2D eigenvalue weighted by molar-refractivity contribution is 0.186. The molecule has 1 aliphatic rings. The number of anilines is 1. The number of benzene rings is 1. The van der Waals surface area contributed by atoms with Gasteiger partial charge in [0.05, 0.1) is 60.5 Å². The molecule has 2 N–H and O–H groups in total. The van der Waals surface area contributed by atoms with Gasteiger partial charge in [0.15, 0.2) is 5.15 Å². The van der Waals surface area contributed by atoms with E-state index in [0.717, 1.165) is 11.3 Å². The number of nitrogens with one attached hydrogen (secondary N) is 1. The van der Waals surface area contributed by atoms with Crippen LogP contribution >= 0.6 is 23.2 Å². The fourth-order valence-electron chi connectivity index (χ4n) is 5.17. The van der Waals surface area contributed by atoms with Crippen LogP contribution in [0.15, 0.2) is 65.8 Å². The number of pyridine rings is 2. The van der Waals surface area contributed by atoms with Crippen LogP contribution in [0.3, 0.4) is 0 Å². The Morgan fingerprint density at radius 2 is 2.02 bits per heavy atom. The minimum Gasteiger partial charge on any atom is -0.465 e. The van der Waals surface area contributed by atoms with E-state index in [4.69, 9.17) is 27.9 Å². The number of carbonyl (C=O) groups is 1. The Morgan fingerprint density at radius 1 is 1.17 bits per heavy atom. The Morgan fingerprint density at radius 3 is 2.74 bits per heavy atom. The molecule has 0 fully saturated rings. The van der Waals surface area contributed by atoms with Gasteiger partial charge in [0, 0.05) is 29.5 Å². The van der Waals surface area contributed by atoms with Crippen molar-refractivity contribution in [3.05, 3.63) is 93.1 Å². The zero-order chi connectivity index (χ0) is 29.4. The average Bonchev–Trinajstić information content (AvgIpc) is 3.73. The van der Waals surface area contributed by atoms with Crippen LogP contribution in [-0.2, 0) is 11.2 Å². The van der Waals surface area contributed by atoms with Crippen LogP contribution in [0, 0.1) is 0 Å². The molecule has 5 heterocycles. The van der Waals surface area contributed by atoms with Gasteiger partial charge >= 0.3 is 6.09 Å². The molecule has 1 atom stereocenters. The van der Waals surface area contributed by atoms with E-state index in [1.165, 1.54) is 18.2 Å². The molecule has 1 aliphatic heterocycles. The molecule has 0 saturated heterocycles. The van der Waals surface area contributed by atoms with Gasteiger partial charge in [0.25, 0.3) is 5.56 Å². The molecule has 6 rings (SSSR count). The van der Waals surface area contributed by atoms with Crippen LogP contribution in [0.1, 0.15) is 24.0 Å². The third kappa shape index (κ3) is 5.27. The molecule has 1 aromatic carbocycles. The monoisotopic (exact) mass is 606 g/mol. The lowest BCUT2D eigenvalue weighted by Crippen LogP contribution is -2.32. The minimum absolute atomic E-state index is 0.169. The first kappa shape index (κ1) is 27.6. The molecule has 1 amide bonds. The van der Waals surface area contributed by atoms with E-state index in [2.05, 4.69) is 25.3 Å². The number of nitrogens with zero attached hydrogens (tertiary/aromatic N) is 7. The predicted octanol–water partition coefficient (Wildman–Crippen LogP) is 4.85. The third-order valence-corrected chi connectivity index (χ3v) is 7.52. The smallest absolute Gasteiger partial charge is 0.411 e. The van der Waals surface area contributed by atoms with Gasteiger partial charge < -0.3 is 19.4 Å². The summed E-state index contributed by atoms with van der Waals surface area (Å²) in [5, 5.41) is 18.2. The summed E-state index contributed by atoms with van der Waals surface area (Å²) in [7, 11) is 1.51. The normalized spacial score (nSPS) is 14.2. The van der Waals surface area contributed by atoms with E-state index in [-0.39, 0.29) is 29.9 Å². The summed E-state index contributed by atoms with van der Waals surface area (Å²) in [6.45, 7) is 0.449. The maximum Gasteiger partial charge on any atom is 0.411 e. The number of ether oxygens (including phenoxy) is 1. The summed E-state index contributed by atoms with van der Waals surface area (Å²) >= 11 is 12.3. The van der Waals surface area contributed by atoms with Crippen LogP contribution in [0.4, 0.5) is 10.5 Å². The van der Waals surface area contributed by atoms with Gasteiger partial charge in [-0.05, 0) is 54.8 Å². The van der Waals surface area contributed by atoms with Crippen LogP contribution in [0.25, 0.3) is 28.2 Å². The zero-order valence-corrected chi connectivity index (χ0v) is 23.7. The molecule has 5 aromatic rings. The lowest BCUT2D eigenvalue weighted by atomic mass is 10.0. The van der Waals surface area contributed by atoms with Gasteiger partial charge in [-0.1, -0.05) is 28.4 Å². The van der Waals surface area contributed by atoms with Crippen molar-refractivity contribution in [2.45, 2.75) is 18.9 Å². The summed E-state index contributed by atoms with van der Waals surface area (Å²) in [6, 6.07) is 12.0. The number of fused-ring (bicyclic) bond motifs is 1. The average molecular weight is 607 g/mol. The second kappa shape index (κ2) is 11.4. The molecule has 42 heavy (non-hydrogen) atoms. The highest BCUT2D eigenvalue weighted by molar-refractivity contribution is 6.31. The quantitative estimate of drug-likeness (QED) is 0.255. The number of H-pyrrole nitrogens is 1. The molecule has 14 heteroatoms. The second-order valence-electron chi connectivity index (χ2n) is 9.66. The molecule has 0 saturated carbocycles. The SMILES string of the molecule is COCCN(C(=O)O)c1ccc(-c2cnc([C@@H]3CCc4cc(-c5cc(Cl)ccc5-n5cc(Cl)nn5)cc(=O)n43)[nH]2)nc1. The summed E-state index contributed by atoms with van der Waals surface area (Å²) in [4.78, 5) is 38.6. The van der Waals surface area contributed by atoms with E-state index in [0.29, 0.717) is 52.0 Å². The number of hydrogen-bond donors (Lipinski definition) is 2. The van der Waals surface area contributed by atoms with Crippen molar-refractivity contribution in [3.63, 3.8) is 0 Å². The number of aryl methyl sites for hydroxylation is 1. The first-order chi connectivity index (χ1) is 20.3.